The molecule has 26 heavy (non-hydrogen) atoms. The van der Waals surface area contributed by atoms with Crippen LogP contribution in [0.25, 0.3) is 0 Å². The van der Waals surface area contributed by atoms with Crippen LogP contribution in [-0.2, 0) is 17.5 Å². The zero-order valence-electron chi connectivity index (χ0n) is 13.9. The zero-order chi connectivity index (χ0) is 18.7. The minimum absolute atomic E-state index is 0.0566. The number of phenols is 1. The molecule has 0 bridgehead atoms. The van der Waals surface area contributed by atoms with Gasteiger partial charge in [0.25, 0.3) is 0 Å². The van der Waals surface area contributed by atoms with Crippen LogP contribution >= 0.6 is 0 Å². The van der Waals surface area contributed by atoms with E-state index in [1.165, 1.54) is 0 Å². The first-order chi connectivity index (χ1) is 12.3. The average Bonchev–Trinajstić information content (AvgIpc) is 2.61. The quantitative estimate of drug-likeness (QED) is 0.778. The predicted octanol–water partition coefficient (Wildman–Crippen LogP) is 3.52. The van der Waals surface area contributed by atoms with Crippen LogP contribution in [0, 0.1) is 0 Å². The molecule has 0 aliphatic carbocycles. The van der Waals surface area contributed by atoms with E-state index in [1.807, 2.05) is 30.3 Å². The molecule has 1 fully saturated rings. The maximum absolute atomic E-state index is 12.9. The van der Waals surface area contributed by atoms with Crippen LogP contribution in [0.3, 0.4) is 0 Å². The molecule has 2 aromatic carbocycles. The Hall–Kier alpha value is -2.54. The Morgan fingerprint density at radius 1 is 1.15 bits per heavy atom. The van der Waals surface area contributed by atoms with Crippen LogP contribution in [0.2, 0.25) is 0 Å². The molecule has 4 nitrogen and oxygen atoms in total. The zero-order valence-corrected chi connectivity index (χ0v) is 13.9. The minimum Gasteiger partial charge on any atom is -0.508 e. The Bertz CT molecular complexity index is 778. The summed E-state index contributed by atoms with van der Waals surface area (Å²) in [5.74, 6) is -0.250. The Kier molecular flexibility index (Phi) is 5.18. The van der Waals surface area contributed by atoms with E-state index < -0.39 is 11.7 Å². The molecule has 0 radical (unpaired) electrons. The first-order valence-electron chi connectivity index (χ1n) is 8.31. The van der Waals surface area contributed by atoms with Crippen molar-refractivity contribution in [2.45, 2.75) is 37.6 Å². The molecule has 1 aliphatic rings. The molecular weight excluding hydrogens is 345 g/mol. The summed E-state index contributed by atoms with van der Waals surface area (Å²) in [4.78, 5) is 11.8. The van der Waals surface area contributed by atoms with Gasteiger partial charge in [-0.25, -0.2) is 0 Å². The molecule has 0 spiro atoms. The van der Waals surface area contributed by atoms with Crippen molar-refractivity contribution >= 4 is 5.91 Å². The first-order valence-corrected chi connectivity index (χ1v) is 8.31. The van der Waals surface area contributed by atoms with Crippen molar-refractivity contribution in [3.05, 3.63) is 65.2 Å². The number of nitrogens with one attached hydrogen (secondary N) is 2. The van der Waals surface area contributed by atoms with Crippen molar-refractivity contribution in [2.75, 3.05) is 0 Å². The van der Waals surface area contributed by atoms with Crippen molar-refractivity contribution in [1.29, 1.82) is 0 Å². The molecule has 1 saturated heterocycles. The molecule has 0 saturated carbocycles. The van der Waals surface area contributed by atoms with Gasteiger partial charge < -0.3 is 15.7 Å². The van der Waals surface area contributed by atoms with E-state index in [4.69, 9.17) is 0 Å². The molecular formula is C19H19F3N2O2. The van der Waals surface area contributed by atoms with Gasteiger partial charge in [-0.15, -0.1) is 0 Å². The van der Waals surface area contributed by atoms with Crippen molar-refractivity contribution in [3.8, 4) is 5.75 Å². The SMILES string of the molecule is O=C1CCC(NCc2cc(C(F)(F)F)ccc2O)C(c2ccccc2)N1. The number of hydrogen-bond acceptors (Lipinski definition) is 3. The number of carbonyl (C=O) groups is 1. The Balaban J connectivity index is 1.76. The van der Waals surface area contributed by atoms with E-state index in [-0.39, 0.29) is 35.8 Å². The Morgan fingerprint density at radius 3 is 2.58 bits per heavy atom. The lowest BCUT2D eigenvalue weighted by Gasteiger charge is -2.33. The second-order valence-corrected chi connectivity index (χ2v) is 6.32. The van der Waals surface area contributed by atoms with E-state index in [0.29, 0.717) is 12.8 Å². The molecule has 138 valence electrons. The highest BCUT2D eigenvalue weighted by atomic mass is 19.4. The third-order valence-electron chi connectivity index (χ3n) is 4.52. The van der Waals surface area contributed by atoms with E-state index in [9.17, 15) is 23.1 Å². The molecule has 2 unspecified atom stereocenters. The average molecular weight is 364 g/mol. The normalized spacial score (nSPS) is 20.7. The number of piperidine rings is 1. The van der Waals surface area contributed by atoms with Gasteiger partial charge in [-0.3, -0.25) is 4.79 Å². The molecule has 2 atom stereocenters. The molecule has 3 N–H and O–H groups in total. The molecule has 3 rings (SSSR count). The number of phenolic OH excluding ortho intramolecular Hbond substituents is 1. The summed E-state index contributed by atoms with van der Waals surface area (Å²) in [5, 5.41) is 16.0. The van der Waals surface area contributed by atoms with Crippen molar-refractivity contribution in [3.63, 3.8) is 0 Å². The fraction of sp³-hybridized carbons (Fsp3) is 0.316. The van der Waals surface area contributed by atoms with E-state index >= 15 is 0 Å². The number of aromatic hydroxyl groups is 1. The molecule has 1 heterocycles. The molecule has 1 aliphatic heterocycles. The summed E-state index contributed by atoms with van der Waals surface area (Å²) >= 11 is 0. The van der Waals surface area contributed by atoms with Gasteiger partial charge in [-0.05, 0) is 30.2 Å². The largest absolute Gasteiger partial charge is 0.508 e. The maximum Gasteiger partial charge on any atom is 0.416 e. The van der Waals surface area contributed by atoms with Gasteiger partial charge >= 0.3 is 6.18 Å². The number of alkyl halides is 3. The highest BCUT2D eigenvalue weighted by molar-refractivity contribution is 5.77. The predicted molar refractivity (Wildman–Crippen MR) is 90.3 cm³/mol. The Morgan fingerprint density at radius 2 is 1.88 bits per heavy atom. The first kappa shape index (κ1) is 18.3. The van der Waals surface area contributed by atoms with Crippen LogP contribution in [0.15, 0.2) is 48.5 Å². The summed E-state index contributed by atoms with van der Waals surface area (Å²) in [5.41, 5.74) is 0.290. The van der Waals surface area contributed by atoms with E-state index in [2.05, 4.69) is 10.6 Å². The number of rotatable bonds is 4. The molecule has 7 heteroatoms. The number of benzene rings is 2. The molecule has 2 aromatic rings. The van der Waals surface area contributed by atoms with E-state index in [1.54, 1.807) is 0 Å². The number of halogens is 3. The summed E-state index contributed by atoms with van der Waals surface area (Å²) in [7, 11) is 0. The fourth-order valence-electron chi connectivity index (χ4n) is 3.14. The second-order valence-electron chi connectivity index (χ2n) is 6.32. The summed E-state index contributed by atoms with van der Waals surface area (Å²) < 4.78 is 38.6. The maximum atomic E-state index is 12.9. The van der Waals surface area contributed by atoms with Gasteiger partial charge in [0.15, 0.2) is 0 Å². The standard InChI is InChI=1S/C19H19F3N2O2/c20-19(21,22)14-6-8-16(25)13(10-14)11-23-15-7-9-17(26)24-18(15)12-4-2-1-3-5-12/h1-6,8,10,15,18,23,25H,7,9,11H2,(H,24,26). The van der Waals surface area contributed by atoms with E-state index in [0.717, 1.165) is 23.8 Å². The topological polar surface area (TPSA) is 61.4 Å². The van der Waals surface area contributed by atoms with Crippen LogP contribution in [0.4, 0.5) is 13.2 Å². The van der Waals surface area contributed by atoms with Gasteiger partial charge in [-0.1, -0.05) is 30.3 Å². The van der Waals surface area contributed by atoms with Crippen molar-refractivity contribution < 1.29 is 23.1 Å². The number of carbonyl (C=O) groups excluding carboxylic acids is 1. The van der Waals surface area contributed by atoms with Gasteiger partial charge in [0.05, 0.1) is 11.6 Å². The van der Waals surface area contributed by atoms with Crippen LogP contribution in [-0.4, -0.2) is 17.1 Å². The lowest BCUT2D eigenvalue weighted by atomic mass is 9.91. The fourth-order valence-corrected chi connectivity index (χ4v) is 3.14. The van der Waals surface area contributed by atoms with Crippen LogP contribution in [0.5, 0.6) is 5.75 Å². The van der Waals surface area contributed by atoms with Gasteiger partial charge in [0, 0.05) is 24.6 Å². The van der Waals surface area contributed by atoms with Gasteiger partial charge in [0.1, 0.15) is 5.75 Å². The van der Waals surface area contributed by atoms with Crippen LogP contribution in [0.1, 0.15) is 35.6 Å². The van der Waals surface area contributed by atoms with Crippen LogP contribution < -0.4 is 10.6 Å². The molecule has 0 aromatic heterocycles. The third kappa shape index (κ3) is 4.16. The highest BCUT2D eigenvalue weighted by Crippen LogP contribution is 2.32. The highest BCUT2D eigenvalue weighted by Gasteiger charge is 2.32. The van der Waals surface area contributed by atoms with Crippen molar-refractivity contribution in [2.24, 2.45) is 0 Å². The lowest BCUT2D eigenvalue weighted by Crippen LogP contribution is -2.48. The number of hydrogen-bond donors (Lipinski definition) is 3. The van der Waals surface area contributed by atoms with Gasteiger partial charge in [-0.2, -0.15) is 13.2 Å². The number of amides is 1. The monoisotopic (exact) mass is 364 g/mol. The second kappa shape index (κ2) is 7.37. The smallest absolute Gasteiger partial charge is 0.416 e. The summed E-state index contributed by atoms with van der Waals surface area (Å²) in [6, 6.07) is 11.8. The van der Waals surface area contributed by atoms with Crippen molar-refractivity contribution in [1.82, 2.24) is 10.6 Å². The Labute approximate surface area is 149 Å². The third-order valence-corrected chi connectivity index (χ3v) is 4.52. The van der Waals surface area contributed by atoms with Gasteiger partial charge in [0.2, 0.25) is 5.91 Å². The summed E-state index contributed by atoms with van der Waals surface area (Å²) in [6.07, 6.45) is -3.56. The lowest BCUT2D eigenvalue weighted by molar-refractivity contribution is -0.137. The minimum atomic E-state index is -4.46. The molecule has 1 amide bonds. The summed E-state index contributed by atoms with van der Waals surface area (Å²) in [6.45, 7) is 0.0691.